The minimum Gasteiger partial charge on any atom is -0.346 e. The van der Waals surface area contributed by atoms with Crippen LogP contribution >= 0.6 is 11.3 Å². The van der Waals surface area contributed by atoms with E-state index in [-0.39, 0.29) is 23.1 Å². The number of carbonyl (C=O) groups is 2. The molecule has 1 aromatic carbocycles. The van der Waals surface area contributed by atoms with E-state index in [9.17, 15) is 18.4 Å². The minimum absolute atomic E-state index is 0.0490. The molecule has 0 aliphatic heterocycles. The number of nitrogens with two attached hydrogens (primary N) is 1. The fraction of sp³-hybridized carbons (Fsp3) is 0.357. The third-order valence-corrected chi connectivity index (χ3v) is 4.05. The predicted molar refractivity (Wildman–Crippen MR) is 84.0 cm³/mol. The highest BCUT2D eigenvalue weighted by Crippen LogP contribution is 2.27. The highest BCUT2D eigenvalue weighted by Gasteiger charge is 2.18. The van der Waals surface area contributed by atoms with Gasteiger partial charge in [-0.05, 0) is 12.0 Å². The van der Waals surface area contributed by atoms with E-state index >= 15 is 0 Å². The van der Waals surface area contributed by atoms with E-state index in [1.807, 2.05) is 0 Å². The fourth-order valence-electron chi connectivity index (χ4n) is 1.73. The Balaban J connectivity index is 1.97. The molecule has 124 valence electrons. The highest BCUT2D eigenvalue weighted by molar-refractivity contribution is 7.22. The second-order valence-electron chi connectivity index (χ2n) is 5.29. The number of carbonyl (C=O) groups excluding carboxylic acids is 2. The van der Waals surface area contributed by atoms with Crippen LogP contribution in [-0.2, 0) is 9.59 Å². The number of rotatable bonds is 5. The Bertz CT molecular complexity index is 709. The number of amides is 2. The van der Waals surface area contributed by atoms with Gasteiger partial charge in [0.25, 0.3) is 0 Å². The zero-order valence-electron chi connectivity index (χ0n) is 12.5. The van der Waals surface area contributed by atoms with Crippen LogP contribution in [0.3, 0.4) is 0 Å². The van der Waals surface area contributed by atoms with E-state index in [0.717, 1.165) is 23.5 Å². The molecule has 2 rings (SSSR count). The average Bonchev–Trinajstić information content (AvgIpc) is 2.85. The van der Waals surface area contributed by atoms with Crippen molar-refractivity contribution in [2.45, 2.75) is 19.9 Å². The monoisotopic (exact) mass is 342 g/mol. The number of aromatic nitrogens is 1. The molecule has 0 aliphatic carbocycles. The SMILES string of the molecule is CC(C)[C@H](N)C(=O)NCC(=O)Nc1nc2cc(F)c(F)cc2s1. The van der Waals surface area contributed by atoms with Crippen LogP contribution < -0.4 is 16.4 Å². The van der Waals surface area contributed by atoms with Crippen LogP contribution in [0.15, 0.2) is 12.1 Å². The molecule has 0 saturated heterocycles. The third kappa shape index (κ3) is 4.20. The summed E-state index contributed by atoms with van der Waals surface area (Å²) in [5, 5.41) is 5.07. The molecule has 6 nitrogen and oxygen atoms in total. The lowest BCUT2D eigenvalue weighted by Crippen LogP contribution is -2.46. The van der Waals surface area contributed by atoms with E-state index in [4.69, 9.17) is 5.73 Å². The van der Waals surface area contributed by atoms with Crippen LogP contribution in [0, 0.1) is 17.6 Å². The van der Waals surface area contributed by atoms with Crippen molar-refractivity contribution in [3.8, 4) is 0 Å². The van der Waals surface area contributed by atoms with Crippen molar-refractivity contribution < 1.29 is 18.4 Å². The van der Waals surface area contributed by atoms with Crippen LogP contribution in [0.4, 0.5) is 13.9 Å². The molecule has 9 heteroatoms. The number of benzene rings is 1. The molecule has 0 bridgehead atoms. The van der Waals surface area contributed by atoms with Crippen molar-refractivity contribution in [2.75, 3.05) is 11.9 Å². The summed E-state index contributed by atoms with van der Waals surface area (Å²) < 4.78 is 26.6. The van der Waals surface area contributed by atoms with Crippen molar-refractivity contribution in [3.05, 3.63) is 23.8 Å². The van der Waals surface area contributed by atoms with Crippen LogP contribution in [0.1, 0.15) is 13.8 Å². The fourth-order valence-corrected chi connectivity index (χ4v) is 2.62. The average molecular weight is 342 g/mol. The van der Waals surface area contributed by atoms with E-state index in [1.54, 1.807) is 13.8 Å². The Morgan fingerprint density at radius 3 is 2.61 bits per heavy atom. The zero-order chi connectivity index (χ0) is 17.1. The number of hydrogen-bond donors (Lipinski definition) is 3. The number of anilines is 1. The van der Waals surface area contributed by atoms with Gasteiger partial charge in [0.15, 0.2) is 16.8 Å². The minimum atomic E-state index is -1.00. The standard InChI is InChI=1S/C14H16F2N4O2S/c1-6(2)12(17)13(22)18-5-11(21)20-14-19-9-3-7(15)8(16)4-10(9)23-14/h3-4,6,12H,5,17H2,1-2H3,(H,18,22)(H,19,20,21)/t12-/m0/s1. The van der Waals surface area contributed by atoms with Gasteiger partial charge in [-0.15, -0.1) is 0 Å². The molecular weight excluding hydrogens is 326 g/mol. The van der Waals surface area contributed by atoms with Gasteiger partial charge in [-0.2, -0.15) is 0 Å². The van der Waals surface area contributed by atoms with Gasteiger partial charge in [0.2, 0.25) is 11.8 Å². The molecule has 23 heavy (non-hydrogen) atoms. The summed E-state index contributed by atoms with van der Waals surface area (Å²) in [6, 6.07) is 1.28. The molecule has 2 aromatic rings. The van der Waals surface area contributed by atoms with Gasteiger partial charge < -0.3 is 16.4 Å². The molecular formula is C14H16F2N4O2S. The summed E-state index contributed by atoms with van der Waals surface area (Å²) in [6.45, 7) is 3.32. The molecule has 0 saturated carbocycles. The molecule has 1 heterocycles. The van der Waals surface area contributed by atoms with Gasteiger partial charge in [-0.1, -0.05) is 25.2 Å². The number of fused-ring (bicyclic) bond motifs is 1. The Morgan fingerprint density at radius 1 is 1.30 bits per heavy atom. The molecule has 0 spiro atoms. The van der Waals surface area contributed by atoms with E-state index < -0.39 is 29.5 Å². The van der Waals surface area contributed by atoms with Gasteiger partial charge in [0.1, 0.15) is 0 Å². The second-order valence-corrected chi connectivity index (χ2v) is 6.32. The Morgan fingerprint density at radius 2 is 1.96 bits per heavy atom. The predicted octanol–water partition coefficient (Wildman–Crippen LogP) is 1.61. The summed E-state index contributed by atoms with van der Waals surface area (Å²) in [5.74, 6) is -2.96. The number of nitrogens with zero attached hydrogens (tertiary/aromatic N) is 1. The molecule has 2 amide bonds. The normalized spacial score (nSPS) is 12.4. The lowest BCUT2D eigenvalue weighted by molar-refractivity contribution is -0.125. The van der Waals surface area contributed by atoms with Gasteiger partial charge in [-0.3, -0.25) is 9.59 Å². The smallest absolute Gasteiger partial charge is 0.245 e. The Kier molecular flexibility index (Phi) is 5.22. The molecule has 0 aliphatic rings. The van der Waals surface area contributed by atoms with E-state index in [1.165, 1.54) is 0 Å². The van der Waals surface area contributed by atoms with E-state index in [2.05, 4.69) is 15.6 Å². The molecule has 1 aromatic heterocycles. The maximum atomic E-state index is 13.1. The van der Waals surface area contributed by atoms with Crippen molar-refractivity contribution in [1.29, 1.82) is 0 Å². The quantitative estimate of drug-likeness (QED) is 0.769. The van der Waals surface area contributed by atoms with Crippen LogP contribution in [0.25, 0.3) is 10.2 Å². The third-order valence-electron chi connectivity index (χ3n) is 3.12. The maximum absolute atomic E-state index is 13.1. The van der Waals surface area contributed by atoms with Crippen LogP contribution in [0.5, 0.6) is 0 Å². The van der Waals surface area contributed by atoms with Gasteiger partial charge in [-0.25, -0.2) is 13.8 Å². The van der Waals surface area contributed by atoms with Crippen LogP contribution in [0.2, 0.25) is 0 Å². The first-order valence-corrected chi connectivity index (χ1v) is 7.68. The van der Waals surface area contributed by atoms with Gasteiger partial charge in [0.05, 0.1) is 22.8 Å². The first-order valence-electron chi connectivity index (χ1n) is 6.86. The molecule has 4 N–H and O–H groups in total. The lowest BCUT2D eigenvalue weighted by Gasteiger charge is -2.14. The number of nitrogens with one attached hydrogen (secondary N) is 2. The van der Waals surface area contributed by atoms with Crippen molar-refractivity contribution in [1.82, 2.24) is 10.3 Å². The second kappa shape index (κ2) is 6.97. The number of halogens is 2. The van der Waals surface area contributed by atoms with Gasteiger partial charge >= 0.3 is 0 Å². The Hall–Kier alpha value is -2.13. The topological polar surface area (TPSA) is 97.1 Å². The number of thiazole rings is 1. The largest absolute Gasteiger partial charge is 0.346 e. The van der Waals surface area contributed by atoms with Crippen molar-refractivity contribution in [2.24, 2.45) is 11.7 Å². The summed E-state index contributed by atoms with van der Waals surface area (Å²) in [4.78, 5) is 27.4. The maximum Gasteiger partial charge on any atom is 0.245 e. The number of hydrogen-bond acceptors (Lipinski definition) is 5. The molecule has 0 fully saturated rings. The highest BCUT2D eigenvalue weighted by atomic mass is 32.1. The summed E-state index contributed by atoms with van der Waals surface area (Å²) >= 11 is 1.01. The molecule has 1 atom stereocenters. The van der Waals surface area contributed by atoms with Crippen LogP contribution in [-0.4, -0.2) is 29.4 Å². The zero-order valence-corrected chi connectivity index (χ0v) is 13.3. The molecule has 0 radical (unpaired) electrons. The lowest BCUT2D eigenvalue weighted by atomic mass is 10.1. The summed E-state index contributed by atoms with van der Waals surface area (Å²) in [6.07, 6.45) is 0. The van der Waals surface area contributed by atoms with E-state index in [0.29, 0.717) is 4.70 Å². The van der Waals surface area contributed by atoms with Crippen molar-refractivity contribution >= 4 is 38.5 Å². The first-order chi connectivity index (χ1) is 10.8. The first kappa shape index (κ1) is 17.2. The summed E-state index contributed by atoms with van der Waals surface area (Å²) in [5.41, 5.74) is 5.90. The van der Waals surface area contributed by atoms with Crippen molar-refractivity contribution in [3.63, 3.8) is 0 Å². The molecule has 0 unspecified atom stereocenters. The summed E-state index contributed by atoms with van der Waals surface area (Å²) in [7, 11) is 0. The van der Waals surface area contributed by atoms with Gasteiger partial charge in [0, 0.05) is 6.07 Å². The Labute approximate surface area is 135 Å².